The summed E-state index contributed by atoms with van der Waals surface area (Å²) in [6.07, 6.45) is 1.30. The summed E-state index contributed by atoms with van der Waals surface area (Å²) in [6, 6.07) is 15.8. The minimum absolute atomic E-state index is 0.0241. The number of carbonyl (C=O) groups is 2. The minimum Gasteiger partial charge on any atom is -0.457 e. The summed E-state index contributed by atoms with van der Waals surface area (Å²) < 4.78 is 11.5. The lowest BCUT2D eigenvalue weighted by Crippen LogP contribution is -2.51. The molecule has 0 bridgehead atoms. The molecular formula is C26H30N2O4. The summed E-state index contributed by atoms with van der Waals surface area (Å²) in [5.41, 5.74) is 1.42. The van der Waals surface area contributed by atoms with Crippen LogP contribution < -0.4 is 10.1 Å². The first-order chi connectivity index (χ1) is 15.4. The van der Waals surface area contributed by atoms with Gasteiger partial charge in [-0.05, 0) is 60.7 Å². The topological polar surface area (TPSA) is 67.9 Å². The highest BCUT2D eigenvalue weighted by atomic mass is 16.5. The Balaban J connectivity index is 1.43. The minimum atomic E-state index is -0.588. The van der Waals surface area contributed by atoms with E-state index in [0.29, 0.717) is 30.9 Å². The number of nitrogens with one attached hydrogen (secondary N) is 1. The van der Waals surface area contributed by atoms with Crippen molar-refractivity contribution >= 4 is 11.8 Å². The average molecular weight is 435 g/mol. The van der Waals surface area contributed by atoms with E-state index in [0.717, 1.165) is 17.7 Å². The van der Waals surface area contributed by atoms with Crippen LogP contribution in [-0.2, 0) is 9.53 Å². The molecule has 0 spiro atoms. The molecule has 3 atom stereocenters. The lowest BCUT2D eigenvalue weighted by Gasteiger charge is -2.29. The molecule has 2 fully saturated rings. The smallest absolute Gasteiger partial charge is 0.251 e. The van der Waals surface area contributed by atoms with E-state index >= 15 is 0 Å². The van der Waals surface area contributed by atoms with Gasteiger partial charge < -0.3 is 19.7 Å². The number of para-hydroxylation sites is 1. The van der Waals surface area contributed by atoms with E-state index in [4.69, 9.17) is 9.47 Å². The van der Waals surface area contributed by atoms with Crippen LogP contribution in [0.15, 0.2) is 66.7 Å². The third kappa shape index (κ3) is 4.86. The molecule has 0 aliphatic carbocycles. The lowest BCUT2D eigenvalue weighted by atomic mass is 10.0. The quantitative estimate of drug-likeness (QED) is 0.664. The van der Waals surface area contributed by atoms with E-state index in [1.54, 1.807) is 24.3 Å². The highest BCUT2D eigenvalue weighted by molar-refractivity contribution is 5.97. The Morgan fingerprint density at radius 3 is 2.50 bits per heavy atom. The number of benzene rings is 2. The SMILES string of the molecule is C=C1CN(C(=O)[C@H](CC(C)C)NC(=O)c2ccc(Oc3ccccc3)cc2)[C@@H]2CCO[C@H]12. The third-order valence-corrected chi connectivity index (χ3v) is 5.93. The molecule has 0 unspecified atom stereocenters. The normalized spacial score (nSPS) is 20.8. The molecule has 2 saturated heterocycles. The molecule has 2 aliphatic heterocycles. The summed E-state index contributed by atoms with van der Waals surface area (Å²) >= 11 is 0. The first-order valence-electron chi connectivity index (χ1n) is 11.2. The van der Waals surface area contributed by atoms with Crippen molar-refractivity contribution in [3.05, 3.63) is 72.3 Å². The number of ether oxygens (including phenoxy) is 2. The number of hydrogen-bond acceptors (Lipinski definition) is 4. The second-order valence-corrected chi connectivity index (χ2v) is 8.87. The van der Waals surface area contributed by atoms with Crippen molar-refractivity contribution in [3.63, 3.8) is 0 Å². The number of amides is 2. The number of nitrogens with zero attached hydrogens (tertiary/aromatic N) is 1. The summed E-state index contributed by atoms with van der Waals surface area (Å²) in [5, 5.41) is 2.96. The summed E-state index contributed by atoms with van der Waals surface area (Å²) in [5.74, 6) is 1.30. The van der Waals surface area contributed by atoms with Crippen molar-refractivity contribution in [2.75, 3.05) is 13.2 Å². The molecule has 2 aromatic rings. The monoisotopic (exact) mass is 434 g/mol. The molecule has 2 aromatic carbocycles. The molecule has 32 heavy (non-hydrogen) atoms. The Morgan fingerprint density at radius 1 is 1.12 bits per heavy atom. The highest BCUT2D eigenvalue weighted by Crippen LogP contribution is 2.33. The summed E-state index contributed by atoms with van der Waals surface area (Å²) in [7, 11) is 0. The molecule has 1 N–H and O–H groups in total. The van der Waals surface area contributed by atoms with Gasteiger partial charge in [-0.25, -0.2) is 0 Å². The molecular weight excluding hydrogens is 404 g/mol. The Morgan fingerprint density at radius 2 is 1.81 bits per heavy atom. The number of rotatable bonds is 7. The average Bonchev–Trinajstić information content (AvgIpc) is 3.38. The predicted molar refractivity (Wildman–Crippen MR) is 123 cm³/mol. The maximum Gasteiger partial charge on any atom is 0.251 e. The van der Waals surface area contributed by atoms with E-state index in [9.17, 15) is 9.59 Å². The fourth-order valence-electron chi connectivity index (χ4n) is 4.39. The van der Waals surface area contributed by atoms with Crippen LogP contribution in [0.5, 0.6) is 11.5 Å². The Labute approximate surface area is 189 Å². The fraction of sp³-hybridized carbons (Fsp3) is 0.385. The Kier molecular flexibility index (Phi) is 6.61. The molecule has 6 nitrogen and oxygen atoms in total. The van der Waals surface area contributed by atoms with E-state index < -0.39 is 6.04 Å². The van der Waals surface area contributed by atoms with Gasteiger partial charge in [0.25, 0.3) is 5.91 Å². The second-order valence-electron chi connectivity index (χ2n) is 8.87. The molecule has 2 heterocycles. The molecule has 0 radical (unpaired) electrons. The third-order valence-electron chi connectivity index (χ3n) is 5.93. The van der Waals surface area contributed by atoms with Crippen molar-refractivity contribution in [3.8, 4) is 11.5 Å². The summed E-state index contributed by atoms with van der Waals surface area (Å²) in [6.45, 7) is 9.30. The Hall–Kier alpha value is -3.12. The number of likely N-dealkylation sites (tertiary alicyclic amines) is 1. The van der Waals surface area contributed by atoms with Gasteiger partial charge in [0.05, 0.1) is 6.04 Å². The predicted octanol–water partition coefficient (Wildman–Crippen LogP) is 4.18. The van der Waals surface area contributed by atoms with Gasteiger partial charge in [0.2, 0.25) is 5.91 Å². The molecule has 0 aromatic heterocycles. The first kappa shape index (κ1) is 22.1. The molecule has 0 saturated carbocycles. The van der Waals surface area contributed by atoms with E-state index in [1.165, 1.54) is 0 Å². The number of carbonyl (C=O) groups excluding carboxylic acids is 2. The van der Waals surface area contributed by atoms with Gasteiger partial charge in [-0.3, -0.25) is 9.59 Å². The van der Waals surface area contributed by atoms with Gasteiger partial charge in [-0.15, -0.1) is 0 Å². The molecule has 4 rings (SSSR count). The van der Waals surface area contributed by atoms with Crippen LogP contribution in [0.1, 0.15) is 37.0 Å². The lowest BCUT2D eigenvalue weighted by molar-refractivity contribution is -0.134. The van der Waals surface area contributed by atoms with Gasteiger partial charge in [-0.2, -0.15) is 0 Å². The van der Waals surface area contributed by atoms with E-state index in [2.05, 4.69) is 11.9 Å². The molecule has 2 aliphatic rings. The van der Waals surface area contributed by atoms with Crippen molar-refractivity contribution in [2.45, 2.75) is 44.9 Å². The van der Waals surface area contributed by atoms with Crippen molar-refractivity contribution < 1.29 is 19.1 Å². The van der Waals surface area contributed by atoms with Crippen LogP contribution in [-0.4, -0.2) is 48.1 Å². The van der Waals surface area contributed by atoms with Crippen LogP contribution in [0, 0.1) is 5.92 Å². The van der Waals surface area contributed by atoms with Gasteiger partial charge in [0, 0.05) is 18.7 Å². The van der Waals surface area contributed by atoms with Gasteiger partial charge >= 0.3 is 0 Å². The van der Waals surface area contributed by atoms with Crippen molar-refractivity contribution in [1.82, 2.24) is 10.2 Å². The Bertz CT molecular complexity index is 971. The largest absolute Gasteiger partial charge is 0.457 e. The standard InChI is InChI=1S/C26H30N2O4/c1-17(2)15-22(26(30)28-16-18(3)24-23(28)13-14-31-24)27-25(29)19-9-11-21(12-10-19)32-20-7-5-4-6-8-20/h4-12,17,22-24H,3,13-16H2,1-2H3,(H,27,29)/t22-,23+,24+/m0/s1. The number of hydrogen-bond donors (Lipinski definition) is 1. The van der Waals surface area contributed by atoms with E-state index in [-0.39, 0.29) is 29.9 Å². The summed E-state index contributed by atoms with van der Waals surface area (Å²) in [4.78, 5) is 28.2. The van der Waals surface area contributed by atoms with Crippen LogP contribution in [0.2, 0.25) is 0 Å². The van der Waals surface area contributed by atoms with Crippen molar-refractivity contribution in [2.24, 2.45) is 5.92 Å². The van der Waals surface area contributed by atoms with Crippen molar-refractivity contribution in [1.29, 1.82) is 0 Å². The van der Waals surface area contributed by atoms with Crippen LogP contribution in [0.3, 0.4) is 0 Å². The maximum atomic E-state index is 13.4. The van der Waals surface area contributed by atoms with Crippen LogP contribution >= 0.6 is 0 Å². The molecule has 168 valence electrons. The van der Waals surface area contributed by atoms with Crippen LogP contribution in [0.4, 0.5) is 0 Å². The zero-order chi connectivity index (χ0) is 22.7. The molecule has 6 heteroatoms. The number of fused-ring (bicyclic) bond motifs is 1. The first-order valence-corrected chi connectivity index (χ1v) is 11.2. The molecule has 2 amide bonds. The van der Waals surface area contributed by atoms with E-state index in [1.807, 2.05) is 49.1 Å². The van der Waals surface area contributed by atoms with Gasteiger partial charge in [0.1, 0.15) is 23.6 Å². The van der Waals surface area contributed by atoms with Gasteiger partial charge in [-0.1, -0.05) is 38.6 Å². The zero-order valence-corrected chi connectivity index (χ0v) is 18.6. The highest BCUT2D eigenvalue weighted by Gasteiger charge is 2.45. The zero-order valence-electron chi connectivity index (χ0n) is 18.6. The van der Waals surface area contributed by atoms with Crippen LogP contribution in [0.25, 0.3) is 0 Å². The van der Waals surface area contributed by atoms with Gasteiger partial charge in [0.15, 0.2) is 0 Å². The fourth-order valence-corrected chi connectivity index (χ4v) is 4.39. The second kappa shape index (κ2) is 9.57. The maximum absolute atomic E-state index is 13.4.